The molecular weight excluding hydrogens is 1130 g/mol. The van der Waals surface area contributed by atoms with E-state index in [1.807, 2.05) is 121 Å². The van der Waals surface area contributed by atoms with Crippen molar-refractivity contribution in [3.05, 3.63) is 265 Å². The fraction of sp³-hybridized carbons (Fsp3) is 0.221. The van der Waals surface area contributed by atoms with Crippen LogP contribution in [0.3, 0.4) is 0 Å². The molecule has 0 aromatic heterocycles. The number of rotatable bonds is 29. The Morgan fingerprint density at radius 1 is 0.228 bits per heavy atom. The summed E-state index contributed by atoms with van der Waals surface area (Å²) < 4.78 is 0. The molecule has 0 aliphatic carbocycles. The average Bonchev–Trinajstić information content (AvgIpc) is 0.843. The number of nitrogens with one attached hydrogen (secondary N) is 5. The van der Waals surface area contributed by atoms with Crippen LogP contribution in [0.25, 0.3) is 0 Å². The molecule has 0 aliphatic rings. The van der Waals surface area contributed by atoms with Gasteiger partial charge in [-0.15, -0.1) is 0 Å². The molecule has 0 unspecified atom stereocenters. The maximum atomic E-state index is 5.75. The van der Waals surface area contributed by atoms with Gasteiger partial charge in [-0.25, -0.2) is 0 Å². The van der Waals surface area contributed by atoms with Crippen LogP contribution in [0.5, 0.6) is 0 Å². The van der Waals surface area contributed by atoms with Crippen molar-refractivity contribution < 1.29 is 27.7 Å². The van der Waals surface area contributed by atoms with Crippen molar-refractivity contribution in [2.24, 2.45) is 25.6 Å². The second-order valence-electron chi connectivity index (χ2n) is 23.4. The Labute approximate surface area is 540 Å². The van der Waals surface area contributed by atoms with Crippen LogP contribution < -0.4 is 54.2 Å². The SMILES string of the molecule is CCc1cc(Nc2ccc(N=[NH2+])cc2)cc(Cc2cc(Nc3ccc(N=[NH2+])cc3)cc(Cc3cc(Nc4ccc(N=[NH2+])cc4)cc(Cc4cc(Nc5ccc(N=[NH2+])cc5)cc(Cc5cc(Nc6ccc(N=[NH2+])cc6)cc(C)c5CC)c4CC)c3CC)c2CC)c1CC. The zero-order valence-corrected chi connectivity index (χ0v) is 54.0. The highest BCUT2D eigenvalue weighted by Crippen LogP contribution is 2.38. The number of anilines is 10. The van der Waals surface area contributed by atoms with E-state index in [2.05, 4.69) is 161 Å². The smallest absolute Gasteiger partial charge is 0.130 e. The van der Waals surface area contributed by atoms with Crippen molar-refractivity contribution in [2.75, 3.05) is 26.6 Å². The molecule has 92 heavy (non-hydrogen) atoms. The Hall–Kier alpha value is -10.8. The summed E-state index contributed by atoms with van der Waals surface area (Å²) in [6.45, 7) is 15.9. The van der Waals surface area contributed by atoms with E-state index < -0.39 is 0 Å². The lowest BCUT2D eigenvalue weighted by atomic mass is 9.84. The minimum Gasteiger partial charge on any atom is -0.356 e. The minimum atomic E-state index is 0.689. The maximum Gasteiger partial charge on any atom is 0.130 e. The lowest BCUT2D eigenvalue weighted by Crippen LogP contribution is -2.21. The Morgan fingerprint density at radius 3 is 0.609 bits per heavy atom. The van der Waals surface area contributed by atoms with Gasteiger partial charge in [-0.05, 0) is 362 Å². The molecule has 0 saturated heterocycles. The zero-order chi connectivity index (χ0) is 64.7. The number of hydrogen-bond acceptors (Lipinski definition) is 10. The number of nitrogens with two attached hydrogens (primary N) is 5. The van der Waals surface area contributed by atoms with Gasteiger partial charge in [-0.2, -0.15) is 27.7 Å². The molecule has 10 aromatic carbocycles. The van der Waals surface area contributed by atoms with Gasteiger partial charge in [-0.1, -0.05) is 41.5 Å². The van der Waals surface area contributed by atoms with Crippen LogP contribution in [0, 0.1) is 6.92 Å². The van der Waals surface area contributed by atoms with E-state index in [9.17, 15) is 0 Å². The highest BCUT2D eigenvalue weighted by molar-refractivity contribution is 5.72. The molecule has 0 bridgehead atoms. The molecule has 10 rings (SSSR count). The highest BCUT2D eigenvalue weighted by atomic mass is 15.0. The van der Waals surface area contributed by atoms with Crippen LogP contribution in [0.2, 0.25) is 0 Å². The molecule has 15 N–H and O–H groups in total. The van der Waals surface area contributed by atoms with E-state index in [4.69, 9.17) is 27.7 Å². The van der Waals surface area contributed by atoms with Crippen LogP contribution in [0.4, 0.5) is 85.3 Å². The van der Waals surface area contributed by atoms with Gasteiger partial charge in [0.1, 0.15) is 28.4 Å². The van der Waals surface area contributed by atoms with E-state index in [0.29, 0.717) is 29.9 Å². The Morgan fingerprint density at radius 2 is 0.413 bits per heavy atom. The Bertz CT molecular complexity index is 4290. The molecule has 464 valence electrons. The highest BCUT2D eigenvalue weighted by Gasteiger charge is 2.22. The molecule has 0 fully saturated rings. The van der Waals surface area contributed by atoms with Crippen LogP contribution in [0.1, 0.15) is 125 Å². The summed E-state index contributed by atoms with van der Waals surface area (Å²) in [6, 6.07) is 62.9. The molecular formula is C77H86N15+5. The fourth-order valence-corrected chi connectivity index (χ4v) is 13.1. The lowest BCUT2D eigenvalue weighted by molar-refractivity contribution is -0.210. The third kappa shape index (κ3) is 15.4. The predicted octanol–water partition coefficient (Wildman–Crippen LogP) is 14.7. The average molecular weight is 1220 g/mol. The largest absolute Gasteiger partial charge is 0.356 e. The molecule has 0 amide bonds. The van der Waals surface area contributed by atoms with Crippen LogP contribution in [0.15, 0.2) is 208 Å². The minimum absolute atomic E-state index is 0.689. The van der Waals surface area contributed by atoms with Gasteiger partial charge in [0.2, 0.25) is 0 Å². The third-order valence-corrected chi connectivity index (χ3v) is 17.5. The van der Waals surface area contributed by atoms with E-state index in [-0.39, 0.29) is 0 Å². The van der Waals surface area contributed by atoms with Crippen LogP contribution >= 0.6 is 0 Å². The van der Waals surface area contributed by atoms with E-state index >= 15 is 0 Å². The molecule has 10 aromatic rings. The summed E-state index contributed by atoms with van der Waals surface area (Å²) in [6.07, 6.45) is 8.07. The molecule has 15 nitrogen and oxygen atoms in total. The normalized spacial score (nSPS) is 11.0. The number of nitrogens with zero attached hydrogens (tertiary/aromatic N) is 5. The van der Waals surface area contributed by atoms with Gasteiger partial charge < -0.3 is 26.6 Å². The van der Waals surface area contributed by atoms with Crippen molar-refractivity contribution in [3.8, 4) is 0 Å². The van der Waals surface area contributed by atoms with Crippen LogP contribution in [-0.2, 0) is 64.2 Å². The van der Waals surface area contributed by atoms with Crippen molar-refractivity contribution in [1.82, 2.24) is 0 Å². The summed E-state index contributed by atoms with van der Waals surface area (Å²) in [5.41, 5.74) is 61.3. The summed E-state index contributed by atoms with van der Waals surface area (Å²) in [5, 5.41) is 38.4. The van der Waals surface area contributed by atoms with Crippen molar-refractivity contribution in [3.63, 3.8) is 0 Å². The molecule has 0 spiro atoms. The first kappa shape index (κ1) is 64.2. The summed E-state index contributed by atoms with van der Waals surface area (Å²) in [4.78, 5) is 0. The summed E-state index contributed by atoms with van der Waals surface area (Å²) >= 11 is 0. The predicted molar refractivity (Wildman–Crippen MR) is 373 cm³/mol. The topological polar surface area (TPSA) is 250 Å². The van der Waals surface area contributed by atoms with E-state index in [1.165, 1.54) is 83.5 Å². The maximum absolute atomic E-state index is 5.75. The molecule has 0 aliphatic heterocycles. The lowest BCUT2D eigenvalue weighted by Gasteiger charge is -2.24. The molecule has 0 heterocycles. The first-order chi connectivity index (χ1) is 44.9. The van der Waals surface area contributed by atoms with Gasteiger partial charge in [-0.3, -0.25) is 0 Å². The second kappa shape index (κ2) is 30.1. The fourth-order valence-electron chi connectivity index (χ4n) is 13.1. The van der Waals surface area contributed by atoms with Gasteiger partial charge in [0.25, 0.3) is 0 Å². The van der Waals surface area contributed by atoms with Gasteiger partial charge in [0.15, 0.2) is 0 Å². The molecule has 0 radical (unpaired) electrons. The van der Waals surface area contributed by atoms with Gasteiger partial charge in [0, 0.05) is 56.9 Å². The first-order valence-electron chi connectivity index (χ1n) is 32.0. The second-order valence-corrected chi connectivity index (χ2v) is 23.4. The third-order valence-electron chi connectivity index (χ3n) is 17.5. The monoisotopic (exact) mass is 1220 g/mol. The number of hydrogen-bond donors (Lipinski definition) is 10. The first-order valence-corrected chi connectivity index (χ1v) is 32.0. The molecule has 15 heteroatoms. The number of benzene rings is 10. The summed E-state index contributed by atoms with van der Waals surface area (Å²) in [5.74, 6) is 0. The van der Waals surface area contributed by atoms with Crippen molar-refractivity contribution in [1.29, 1.82) is 0 Å². The standard InChI is InChI=1S/C77H81N15/c1-8-49-39-69(84-59-16-26-64(89-79)27-17-59)41-51(74(49)10-3)36-53-43-71(86-61-20-30-66(91-81)31-21-61)45-55(76(53)12-5)38-57-47-72(87-62-22-32-67(92-82)33-23-62)46-56(77(57)13-6)37-54-44-70(85-60-18-28-65(90-80)29-19-60)42-52(75(54)11-4)35-50-40-68(34-48(7)73(50)9-2)83-58-14-24-63(88-78)25-15-58/h14-34,39-47,78-87H,8-13,35-38H2,1-7H3/p+5. The zero-order valence-electron chi connectivity index (χ0n) is 54.0. The molecule has 0 saturated carbocycles. The molecule has 0 atom stereocenters. The van der Waals surface area contributed by atoms with Crippen LogP contribution in [-0.4, -0.2) is 0 Å². The quantitative estimate of drug-likeness (QED) is 0.0205. The summed E-state index contributed by atoms with van der Waals surface area (Å²) in [7, 11) is 0. The van der Waals surface area contributed by atoms with E-state index in [1.54, 1.807) is 0 Å². The Balaban J connectivity index is 1.11. The van der Waals surface area contributed by atoms with Crippen molar-refractivity contribution in [2.45, 2.75) is 113 Å². The van der Waals surface area contributed by atoms with E-state index in [0.717, 1.165) is 120 Å². The van der Waals surface area contributed by atoms with Crippen molar-refractivity contribution >= 4 is 85.3 Å². The Kier molecular flexibility index (Phi) is 21.0. The van der Waals surface area contributed by atoms with Gasteiger partial charge in [0.05, 0.1) is 0 Å². The number of aryl methyl sites for hydroxylation is 2. The van der Waals surface area contributed by atoms with Gasteiger partial charge >= 0.3 is 0 Å².